The third kappa shape index (κ3) is 6.50. The second kappa shape index (κ2) is 11.2. The number of H-pyrrole nitrogens is 1. The topological polar surface area (TPSA) is 81.7 Å². The lowest BCUT2D eigenvalue weighted by Crippen LogP contribution is -2.47. The number of nitrogens with zero attached hydrogens (tertiary/aromatic N) is 3. The van der Waals surface area contributed by atoms with Crippen molar-refractivity contribution >= 4 is 22.7 Å². The maximum Gasteiger partial charge on any atom is 0.339 e. The SMILES string of the molecule is C=C(F)CCC1=C(CN2CCN(c3ccc(C(=O)O)c(Oc4cnc5[nH]ccc5c4)c3)CC2)CCC(C)(C)C1. The summed E-state index contributed by atoms with van der Waals surface area (Å²) in [5.74, 6) is -0.485. The summed E-state index contributed by atoms with van der Waals surface area (Å²) in [7, 11) is 0. The van der Waals surface area contributed by atoms with Crippen molar-refractivity contribution in [2.45, 2.75) is 46.0 Å². The number of aromatic nitrogens is 2. The van der Waals surface area contributed by atoms with E-state index >= 15 is 0 Å². The minimum atomic E-state index is -1.03. The number of halogens is 1. The summed E-state index contributed by atoms with van der Waals surface area (Å²) in [5, 5.41) is 10.6. The van der Waals surface area contributed by atoms with Gasteiger partial charge in [0.1, 0.15) is 22.7 Å². The number of benzene rings is 1. The monoisotopic (exact) mass is 532 g/mol. The lowest BCUT2D eigenvalue weighted by atomic mass is 9.73. The fourth-order valence-corrected chi connectivity index (χ4v) is 5.71. The van der Waals surface area contributed by atoms with E-state index in [1.807, 2.05) is 24.3 Å². The Balaban J connectivity index is 1.27. The molecule has 8 heteroatoms. The Morgan fingerprint density at radius 3 is 2.72 bits per heavy atom. The number of carboxylic acid groups (broad SMARTS) is 1. The van der Waals surface area contributed by atoms with Gasteiger partial charge in [-0.15, -0.1) is 0 Å². The van der Waals surface area contributed by atoms with E-state index in [0.717, 1.165) is 75.1 Å². The summed E-state index contributed by atoms with van der Waals surface area (Å²) in [6.45, 7) is 12.5. The first-order chi connectivity index (χ1) is 18.7. The number of rotatable bonds is 9. The molecule has 0 radical (unpaired) electrons. The average molecular weight is 533 g/mol. The summed E-state index contributed by atoms with van der Waals surface area (Å²) < 4.78 is 19.5. The van der Waals surface area contributed by atoms with Gasteiger partial charge in [-0.1, -0.05) is 31.6 Å². The van der Waals surface area contributed by atoms with E-state index in [0.29, 0.717) is 17.9 Å². The Bertz CT molecular complexity index is 1400. The summed E-state index contributed by atoms with van der Waals surface area (Å²) in [4.78, 5) is 24.0. The molecule has 0 unspecified atom stereocenters. The second-order valence-corrected chi connectivity index (χ2v) is 11.5. The number of carboxylic acids is 1. The zero-order chi connectivity index (χ0) is 27.6. The van der Waals surface area contributed by atoms with Crippen molar-refractivity contribution in [3.8, 4) is 11.5 Å². The van der Waals surface area contributed by atoms with E-state index in [9.17, 15) is 14.3 Å². The highest BCUT2D eigenvalue weighted by Gasteiger charge is 2.28. The molecule has 5 rings (SSSR count). The van der Waals surface area contributed by atoms with Crippen LogP contribution in [-0.4, -0.2) is 58.7 Å². The highest BCUT2D eigenvalue weighted by atomic mass is 19.1. The normalized spacial score (nSPS) is 18.0. The lowest BCUT2D eigenvalue weighted by Gasteiger charge is -2.39. The molecule has 2 aliphatic rings. The maximum absolute atomic E-state index is 13.4. The minimum absolute atomic E-state index is 0.113. The molecule has 1 saturated heterocycles. The van der Waals surface area contributed by atoms with Crippen molar-refractivity contribution in [1.82, 2.24) is 14.9 Å². The molecule has 0 saturated carbocycles. The smallest absolute Gasteiger partial charge is 0.339 e. The Kier molecular flexibility index (Phi) is 7.75. The van der Waals surface area contributed by atoms with Gasteiger partial charge in [-0.2, -0.15) is 0 Å². The van der Waals surface area contributed by atoms with Crippen LogP contribution in [-0.2, 0) is 0 Å². The lowest BCUT2D eigenvalue weighted by molar-refractivity contribution is 0.0694. The standard InChI is InChI=1S/C31H37FN4O3/c1-21(32)4-5-23-18-31(2,3)10-8-24(23)20-35-12-14-36(15-13-35)25-6-7-27(30(37)38)28(17-25)39-26-16-22-9-11-33-29(22)34-19-26/h6-7,9,11,16-17,19H,1,4-5,8,10,12-15,18,20H2,2-3H3,(H,33,34)(H,37,38). The number of ether oxygens (including phenoxy) is 1. The van der Waals surface area contributed by atoms with E-state index in [-0.39, 0.29) is 16.8 Å². The van der Waals surface area contributed by atoms with Crippen molar-refractivity contribution in [3.05, 3.63) is 71.8 Å². The number of carbonyl (C=O) groups is 1. The van der Waals surface area contributed by atoms with Crippen LogP contribution in [0.4, 0.5) is 10.1 Å². The van der Waals surface area contributed by atoms with E-state index in [2.05, 4.69) is 40.2 Å². The van der Waals surface area contributed by atoms with Crippen LogP contribution in [0.15, 0.2) is 66.3 Å². The molecular weight excluding hydrogens is 495 g/mol. The number of hydrogen-bond acceptors (Lipinski definition) is 5. The number of aromatic amines is 1. The summed E-state index contributed by atoms with van der Waals surface area (Å²) >= 11 is 0. The molecule has 1 aliphatic heterocycles. The molecule has 3 heterocycles. The quantitative estimate of drug-likeness (QED) is 0.290. The van der Waals surface area contributed by atoms with Crippen LogP contribution in [0.1, 0.15) is 56.3 Å². The van der Waals surface area contributed by atoms with Gasteiger partial charge in [0.2, 0.25) is 0 Å². The van der Waals surface area contributed by atoms with Gasteiger partial charge >= 0.3 is 5.97 Å². The third-order valence-electron chi connectivity index (χ3n) is 7.94. The number of piperazine rings is 1. The van der Waals surface area contributed by atoms with Gasteiger partial charge in [0.15, 0.2) is 0 Å². The molecule has 2 aromatic heterocycles. The van der Waals surface area contributed by atoms with Crippen LogP contribution in [0, 0.1) is 5.41 Å². The van der Waals surface area contributed by atoms with Crippen LogP contribution < -0.4 is 9.64 Å². The van der Waals surface area contributed by atoms with Crippen molar-refractivity contribution < 1.29 is 19.0 Å². The molecule has 7 nitrogen and oxygen atoms in total. The van der Waals surface area contributed by atoms with Gasteiger partial charge in [-0.3, -0.25) is 4.90 Å². The maximum atomic E-state index is 13.4. The average Bonchev–Trinajstić information content (AvgIpc) is 3.37. The molecule has 206 valence electrons. The van der Waals surface area contributed by atoms with Crippen molar-refractivity contribution in [1.29, 1.82) is 0 Å². The van der Waals surface area contributed by atoms with Crippen molar-refractivity contribution in [3.63, 3.8) is 0 Å². The fraction of sp³-hybridized carbons (Fsp3) is 0.419. The number of anilines is 1. The molecule has 0 atom stereocenters. The largest absolute Gasteiger partial charge is 0.478 e. The van der Waals surface area contributed by atoms with Crippen LogP contribution in [0.25, 0.3) is 11.0 Å². The first kappa shape index (κ1) is 26.9. The van der Waals surface area contributed by atoms with Crippen LogP contribution in [0.2, 0.25) is 0 Å². The summed E-state index contributed by atoms with van der Waals surface area (Å²) in [6.07, 6.45) is 7.83. The number of pyridine rings is 1. The van der Waals surface area contributed by atoms with E-state index in [1.165, 1.54) is 11.1 Å². The van der Waals surface area contributed by atoms with Gasteiger partial charge in [0.25, 0.3) is 0 Å². The highest BCUT2D eigenvalue weighted by Crippen LogP contribution is 2.41. The molecule has 2 N–H and O–H groups in total. The third-order valence-corrected chi connectivity index (χ3v) is 7.94. The van der Waals surface area contributed by atoms with Crippen LogP contribution >= 0.6 is 0 Å². The van der Waals surface area contributed by atoms with Gasteiger partial charge in [0, 0.05) is 62.5 Å². The first-order valence-electron chi connectivity index (χ1n) is 13.7. The van der Waals surface area contributed by atoms with Gasteiger partial charge in [-0.05, 0) is 55.4 Å². The number of hydrogen-bond donors (Lipinski definition) is 2. The Labute approximate surface area is 229 Å². The Morgan fingerprint density at radius 2 is 1.97 bits per heavy atom. The van der Waals surface area contributed by atoms with E-state index in [1.54, 1.807) is 18.5 Å². The van der Waals surface area contributed by atoms with Crippen molar-refractivity contribution in [2.24, 2.45) is 5.41 Å². The predicted molar refractivity (Wildman–Crippen MR) is 152 cm³/mol. The molecular formula is C31H37FN4O3. The number of allylic oxidation sites excluding steroid dienone is 2. The molecule has 39 heavy (non-hydrogen) atoms. The number of fused-ring (bicyclic) bond motifs is 1. The summed E-state index contributed by atoms with van der Waals surface area (Å²) in [5.41, 5.74) is 4.94. The van der Waals surface area contributed by atoms with Crippen molar-refractivity contribution in [2.75, 3.05) is 37.6 Å². The molecule has 0 bridgehead atoms. The zero-order valence-electron chi connectivity index (χ0n) is 22.8. The molecule has 1 fully saturated rings. The Morgan fingerprint density at radius 1 is 1.18 bits per heavy atom. The summed E-state index contributed by atoms with van der Waals surface area (Å²) in [6, 6.07) is 9.02. The molecule has 0 amide bonds. The highest BCUT2D eigenvalue weighted by molar-refractivity contribution is 5.92. The molecule has 3 aromatic rings. The number of nitrogens with one attached hydrogen (secondary N) is 1. The van der Waals surface area contributed by atoms with Crippen LogP contribution in [0.3, 0.4) is 0 Å². The second-order valence-electron chi connectivity index (χ2n) is 11.5. The van der Waals surface area contributed by atoms with Gasteiger partial charge in [0.05, 0.1) is 12.0 Å². The van der Waals surface area contributed by atoms with E-state index in [4.69, 9.17) is 4.74 Å². The molecule has 1 aliphatic carbocycles. The van der Waals surface area contributed by atoms with Crippen LogP contribution in [0.5, 0.6) is 11.5 Å². The zero-order valence-corrected chi connectivity index (χ0v) is 22.8. The fourth-order valence-electron chi connectivity index (χ4n) is 5.71. The predicted octanol–water partition coefficient (Wildman–Crippen LogP) is 6.95. The van der Waals surface area contributed by atoms with Gasteiger partial charge in [-0.25, -0.2) is 14.2 Å². The molecule has 1 aromatic carbocycles. The Hall–Kier alpha value is -3.65. The molecule has 0 spiro atoms. The first-order valence-corrected chi connectivity index (χ1v) is 13.7. The minimum Gasteiger partial charge on any atom is -0.478 e. The van der Waals surface area contributed by atoms with Gasteiger partial charge < -0.3 is 19.7 Å². The van der Waals surface area contributed by atoms with E-state index < -0.39 is 5.97 Å². The number of aromatic carboxylic acids is 1.